The third-order valence-electron chi connectivity index (χ3n) is 1.89. The van der Waals surface area contributed by atoms with Gasteiger partial charge in [0, 0.05) is 0 Å². The van der Waals surface area contributed by atoms with Crippen LogP contribution in [-0.2, 0) is 0 Å². The van der Waals surface area contributed by atoms with E-state index in [4.69, 9.17) is 6.57 Å². The molecule has 0 amide bonds. The second-order valence-electron chi connectivity index (χ2n) is 2.61. The van der Waals surface area contributed by atoms with Crippen LogP contribution in [0.4, 0.5) is 5.69 Å². The molecule has 0 unspecified atom stereocenters. The van der Waals surface area contributed by atoms with Crippen LogP contribution in [0.3, 0.4) is 0 Å². The smallest absolute Gasteiger partial charge is 0.194 e. The molecule has 0 radical (unpaired) electrons. The Labute approximate surface area is 71.4 Å². The van der Waals surface area contributed by atoms with Crippen molar-refractivity contribution in [2.45, 2.75) is 0 Å². The van der Waals surface area contributed by atoms with Gasteiger partial charge in [0.25, 0.3) is 0 Å². The van der Waals surface area contributed by atoms with Gasteiger partial charge in [-0.3, -0.25) is 0 Å². The summed E-state index contributed by atoms with van der Waals surface area (Å²) >= 11 is 0. The van der Waals surface area contributed by atoms with Crippen LogP contribution in [0.15, 0.2) is 42.5 Å². The molecule has 0 aromatic rings. The largest absolute Gasteiger partial charge is 0.238 e. The molecule has 0 aromatic heterocycles. The molecule has 0 saturated carbocycles. The van der Waals surface area contributed by atoms with E-state index in [0.717, 1.165) is 16.8 Å². The van der Waals surface area contributed by atoms with Crippen molar-refractivity contribution >= 4 is 5.69 Å². The van der Waals surface area contributed by atoms with Gasteiger partial charge in [-0.2, -0.15) is 0 Å². The standard InChI is InChI=1S/C11H7N/c1-12-11-8-7-9-5-3-2-4-6-10(9)11/h2-8H. The van der Waals surface area contributed by atoms with Crippen molar-refractivity contribution in [3.63, 3.8) is 0 Å². The molecule has 0 atom stereocenters. The number of nitrogens with zero attached hydrogens (tertiary/aromatic N) is 1. The van der Waals surface area contributed by atoms with Crippen LogP contribution in [0, 0.1) is 6.57 Å². The fraction of sp³-hybridized carbons (Fsp3) is 0. The summed E-state index contributed by atoms with van der Waals surface area (Å²) in [6, 6.07) is 13.7. The van der Waals surface area contributed by atoms with Crippen molar-refractivity contribution in [1.29, 1.82) is 0 Å². The van der Waals surface area contributed by atoms with Gasteiger partial charge >= 0.3 is 0 Å². The molecule has 1 nitrogen and oxygen atoms in total. The predicted molar refractivity (Wildman–Crippen MR) is 49.3 cm³/mol. The number of hydrogen-bond acceptors (Lipinski definition) is 0. The third kappa shape index (κ3) is 0.943. The molecule has 0 fully saturated rings. The van der Waals surface area contributed by atoms with E-state index in [2.05, 4.69) is 4.85 Å². The van der Waals surface area contributed by atoms with E-state index in [1.165, 1.54) is 0 Å². The lowest BCUT2D eigenvalue weighted by Gasteiger charge is -1.90. The van der Waals surface area contributed by atoms with Crippen molar-refractivity contribution < 1.29 is 0 Å². The monoisotopic (exact) mass is 153 g/mol. The van der Waals surface area contributed by atoms with Gasteiger partial charge in [0.15, 0.2) is 5.69 Å². The lowest BCUT2D eigenvalue weighted by molar-refractivity contribution is 1.84. The summed E-state index contributed by atoms with van der Waals surface area (Å²) in [5.41, 5.74) is 2.90. The first kappa shape index (κ1) is 6.87. The quantitative estimate of drug-likeness (QED) is 0.511. The highest BCUT2D eigenvalue weighted by Crippen LogP contribution is 2.32. The minimum absolute atomic E-state index is 0.737. The molecule has 0 aromatic carbocycles. The Morgan fingerprint density at radius 2 is 1.75 bits per heavy atom. The highest BCUT2D eigenvalue weighted by atomic mass is 14.6. The zero-order valence-corrected chi connectivity index (χ0v) is 6.49. The maximum Gasteiger partial charge on any atom is 0.194 e. The van der Waals surface area contributed by atoms with E-state index in [-0.39, 0.29) is 0 Å². The highest BCUT2D eigenvalue weighted by Gasteiger charge is 2.05. The third-order valence-corrected chi connectivity index (χ3v) is 1.89. The molecule has 0 saturated heterocycles. The molecular formula is C11H7N. The molecule has 0 aliphatic heterocycles. The molecule has 0 spiro atoms. The van der Waals surface area contributed by atoms with Gasteiger partial charge in [0.2, 0.25) is 0 Å². The molecule has 0 N–H and O–H groups in total. The summed E-state index contributed by atoms with van der Waals surface area (Å²) in [4.78, 5) is 3.44. The van der Waals surface area contributed by atoms with Crippen LogP contribution in [0.25, 0.3) is 16.0 Å². The van der Waals surface area contributed by atoms with Gasteiger partial charge in [-0.15, -0.1) is 0 Å². The van der Waals surface area contributed by atoms with E-state index in [1.54, 1.807) is 0 Å². The maximum atomic E-state index is 6.93. The average Bonchev–Trinajstić information content (AvgIpc) is 2.33. The van der Waals surface area contributed by atoms with Gasteiger partial charge in [0.1, 0.15) is 0 Å². The first-order chi connectivity index (χ1) is 5.92. The summed E-state index contributed by atoms with van der Waals surface area (Å²) in [5, 5.41) is 0. The molecule has 12 heavy (non-hydrogen) atoms. The maximum absolute atomic E-state index is 6.93. The van der Waals surface area contributed by atoms with Crippen molar-refractivity contribution in [1.82, 2.24) is 0 Å². The summed E-state index contributed by atoms with van der Waals surface area (Å²) in [7, 11) is 0. The van der Waals surface area contributed by atoms with Crippen LogP contribution in [0.1, 0.15) is 0 Å². The van der Waals surface area contributed by atoms with E-state index in [1.807, 2.05) is 42.5 Å². The first-order valence-corrected chi connectivity index (χ1v) is 3.77. The van der Waals surface area contributed by atoms with E-state index < -0.39 is 0 Å². The topological polar surface area (TPSA) is 4.36 Å². The van der Waals surface area contributed by atoms with Crippen LogP contribution in [-0.4, -0.2) is 0 Å². The SMILES string of the molecule is [C-]#[N+]c1ccc2cccccc1-2. The minimum Gasteiger partial charge on any atom is -0.238 e. The highest BCUT2D eigenvalue weighted by molar-refractivity contribution is 5.81. The second kappa shape index (κ2) is 2.67. The van der Waals surface area contributed by atoms with Crippen LogP contribution in [0.2, 0.25) is 0 Å². The second-order valence-corrected chi connectivity index (χ2v) is 2.61. The molecule has 0 bridgehead atoms. The van der Waals surface area contributed by atoms with Crippen LogP contribution < -0.4 is 0 Å². The van der Waals surface area contributed by atoms with Crippen LogP contribution in [0.5, 0.6) is 0 Å². The van der Waals surface area contributed by atoms with Crippen molar-refractivity contribution in [2.24, 2.45) is 0 Å². The van der Waals surface area contributed by atoms with Crippen molar-refractivity contribution in [2.75, 3.05) is 0 Å². The Morgan fingerprint density at radius 1 is 0.917 bits per heavy atom. The first-order valence-electron chi connectivity index (χ1n) is 3.77. The summed E-state index contributed by atoms with van der Waals surface area (Å²) in [6.45, 7) is 6.93. The van der Waals surface area contributed by atoms with Gasteiger partial charge in [0.05, 0.1) is 6.57 Å². The molecule has 0 heterocycles. The summed E-state index contributed by atoms with van der Waals surface area (Å²) in [6.07, 6.45) is 0. The normalized spacial score (nSPS) is 9.58. The van der Waals surface area contributed by atoms with E-state index in [9.17, 15) is 0 Å². The number of hydrogen-bond donors (Lipinski definition) is 0. The van der Waals surface area contributed by atoms with Gasteiger partial charge in [-0.05, 0) is 11.1 Å². The Bertz CT molecular complexity index is 412. The Kier molecular flexibility index (Phi) is 1.53. The Balaban J connectivity index is 2.75. The number of fused-ring (bicyclic) bond motifs is 1. The minimum atomic E-state index is 0.737. The van der Waals surface area contributed by atoms with E-state index in [0.29, 0.717) is 0 Å². The average molecular weight is 153 g/mol. The Hall–Kier alpha value is -1.81. The van der Waals surface area contributed by atoms with Crippen LogP contribution >= 0.6 is 0 Å². The molecule has 2 aliphatic rings. The fourth-order valence-corrected chi connectivity index (χ4v) is 1.30. The molecule has 1 heteroatoms. The van der Waals surface area contributed by atoms with E-state index >= 15 is 0 Å². The zero-order chi connectivity index (χ0) is 8.39. The molecule has 2 aliphatic carbocycles. The molecule has 2 rings (SSSR count). The van der Waals surface area contributed by atoms with Gasteiger partial charge in [-0.25, -0.2) is 4.85 Å². The number of rotatable bonds is 0. The fourth-order valence-electron chi connectivity index (χ4n) is 1.30. The predicted octanol–water partition coefficient (Wildman–Crippen LogP) is 3.34. The van der Waals surface area contributed by atoms with Crippen molar-refractivity contribution in [3.05, 3.63) is 53.9 Å². The molecular weight excluding hydrogens is 146 g/mol. The zero-order valence-electron chi connectivity index (χ0n) is 6.49. The summed E-state index contributed by atoms with van der Waals surface area (Å²) < 4.78 is 0. The summed E-state index contributed by atoms with van der Waals surface area (Å²) in [5.74, 6) is 0. The molecule has 56 valence electrons. The van der Waals surface area contributed by atoms with Gasteiger partial charge < -0.3 is 0 Å². The lowest BCUT2D eigenvalue weighted by Crippen LogP contribution is -1.62. The van der Waals surface area contributed by atoms with Gasteiger partial charge in [-0.1, -0.05) is 42.5 Å². The lowest BCUT2D eigenvalue weighted by atomic mass is 10.2. The van der Waals surface area contributed by atoms with Crippen molar-refractivity contribution in [3.8, 4) is 11.1 Å². The Morgan fingerprint density at radius 3 is 2.58 bits per heavy atom.